The molecule has 0 aliphatic carbocycles. The number of amides is 2. The highest BCUT2D eigenvalue weighted by atomic mass is 16.2. The SMILES string of the molecule is CCCCC(C)N1C(=O)CNC(=O)C1C. The second kappa shape index (κ2) is 5.14. The largest absolute Gasteiger partial charge is 0.345 e. The first-order valence-corrected chi connectivity index (χ1v) is 5.66. The zero-order valence-corrected chi connectivity index (χ0v) is 9.75. The maximum atomic E-state index is 11.7. The molecule has 4 heteroatoms. The van der Waals surface area contributed by atoms with E-state index in [1.54, 1.807) is 11.8 Å². The highest BCUT2D eigenvalue weighted by molar-refractivity contribution is 5.94. The van der Waals surface area contributed by atoms with Crippen LogP contribution in [-0.2, 0) is 9.59 Å². The Kier molecular flexibility index (Phi) is 4.12. The zero-order chi connectivity index (χ0) is 11.4. The number of hydrogen-bond donors (Lipinski definition) is 1. The topological polar surface area (TPSA) is 49.4 Å². The van der Waals surface area contributed by atoms with Gasteiger partial charge in [-0.25, -0.2) is 0 Å². The first-order chi connectivity index (χ1) is 7.07. The molecule has 1 fully saturated rings. The molecule has 1 aliphatic rings. The van der Waals surface area contributed by atoms with Crippen molar-refractivity contribution in [2.24, 2.45) is 0 Å². The maximum absolute atomic E-state index is 11.7. The quantitative estimate of drug-likeness (QED) is 0.753. The number of hydrogen-bond acceptors (Lipinski definition) is 2. The van der Waals surface area contributed by atoms with Crippen LogP contribution in [0.15, 0.2) is 0 Å². The second-order valence-electron chi connectivity index (χ2n) is 4.19. The lowest BCUT2D eigenvalue weighted by Crippen LogP contribution is -2.59. The minimum atomic E-state index is -0.321. The summed E-state index contributed by atoms with van der Waals surface area (Å²) in [5.41, 5.74) is 0. The van der Waals surface area contributed by atoms with Crippen LogP contribution in [0, 0.1) is 0 Å². The predicted octanol–water partition coefficient (Wildman–Crippen LogP) is 0.912. The Morgan fingerprint density at radius 2 is 2.20 bits per heavy atom. The molecule has 1 heterocycles. The van der Waals surface area contributed by atoms with Crippen LogP contribution in [0.25, 0.3) is 0 Å². The van der Waals surface area contributed by atoms with Gasteiger partial charge in [-0.2, -0.15) is 0 Å². The third-order valence-corrected chi connectivity index (χ3v) is 2.95. The number of nitrogens with zero attached hydrogens (tertiary/aromatic N) is 1. The Labute approximate surface area is 91.0 Å². The summed E-state index contributed by atoms with van der Waals surface area (Å²) in [5, 5.41) is 2.59. The van der Waals surface area contributed by atoms with E-state index in [0.29, 0.717) is 0 Å². The Hall–Kier alpha value is -1.06. The fourth-order valence-corrected chi connectivity index (χ4v) is 2.01. The molecule has 1 saturated heterocycles. The van der Waals surface area contributed by atoms with Gasteiger partial charge in [-0.3, -0.25) is 9.59 Å². The van der Waals surface area contributed by atoms with Crippen LogP contribution in [0.4, 0.5) is 0 Å². The molecule has 0 radical (unpaired) electrons. The van der Waals surface area contributed by atoms with Crippen LogP contribution >= 0.6 is 0 Å². The Balaban J connectivity index is 2.63. The molecule has 0 spiro atoms. The minimum Gasteiger partial charge on any atom is -0.345 e. The molecule has 15 heavy (non-hydrogen) atoms. The van der Waals surface area contributed by atoms with E-state index in [1.165, 1.54) is 0 Å². The summed E-state index contributed by atoms with van der Waals surface area (Å²) < 4.78 is 0. The summed E-state index contributed by atoms with van der Waals surface area (Å²) in [7, 11) is 0. The number of unbranched alkanes of at least 4 members (excludes halogenated alkanes) is 1. The van der Waals surface area contributed by atoms with E-state index in [2.05, 4.69) is 12.2 Å². The van der Waals surface area contributed by atoms with E-state index in [9.17, 15) is 9.59 Å². The molecule has 2 amide bonds. The zero-order valence-electron chi connectivity index (χ0n) is 9.75. The van der Waals surface area contributed by atoms with E-state index in [0.717, 1.165) is 19.3 Å². The van der Waals surface area contributed by atoms with Crippen LogP contribution in [0.1, 0.15) is 40.0 Å². The summed E-state index contributed by atoms with van der Waals surface area (Å²) in [6, 6.07) is -0.156. The van der Waals surface area contributed by atoms with Gasteiger partial charge in [0.1, 0.15) is 6.04 Å². The lowest BCUT2D eigenvalue weighted by molar-refractivity contribution is -0.147. The van der Waals surface area contributed by atoms with Crippen molar-refractivity contribution >= 4 is 11.8 Å². The highest BCUT2D eigenvalue weighted by Crippen LogP contribution is 2.14. The average molecular weight is 212 g/mol. The molecule has 0 aromatic heterocycles. The monoisotopic (exact) mass is 212 g/mol. The molecule has 0 saturated carbocycles. The van der Waals surface area contributed by atoms with Crippen LogP contribution in [0.2, 0.25) is 0 Å². The molecule has 1 aliphatic heterocycles. The van der Waals surface area contributed by atoms with Crippen LogP contribution in [-0.4, -0.2) is 35.3 Å². The van der Waals surface area contributed by atoms with E-state index in [1.807, 2.05) is 6.92 Å². The van der Waals surface area contributed by atoms with E-state index in [4.69, 9.17) is 0 Å². The van der Waals surface area contributed by atoms with Crippen molar-refractivity contribution in [3.8, 4) is 0 Å². The molecule has 1 rings (SSSR count). The predicted molar refractivity (Wildman–Crippen MR) is 58.3 cm³/mol. The summed E-state index contributed by atoms with van der Waals surface area (Å²) >= 11 is 0. The van der Waals surface area contributed by atoms with E-state index >= 15 is 0 Å². The standard InChI is InChI=1S/C11H20N2O2/c1-4-5-6-8(2)13-9(3)11(15)12-7-10(13)14/h8-9H,4-7H2,1-3H3,(H,12,15). The van der Waals surface area contributed by atoms with Crippen molar-refractivity contribution in [1.29, 1.82) is 0 Å². The highest BCUT2D eigenvalue weighted by Gasteiger charge is 2.33. The molecule has 0 bridgehead atoms. The first kappa shape index (κ1) is 12.0. The molecule has 4 nitrogen and oxygen atoms in total. The lowest BCUT2D eigenvalue weighted by atomic mass is 10.1. The Morgan fingerprint density at radius 1 is 1.53 bits per heavy atom. The second-order valence-corrected chi connectivity index (χ2v) is 4.19. The van der Waals surface area contributed by atoms with Crippen LogP contribution in [0.5, 0.6) is 0 Å². The molecule has 86 valence electrons. The van der Waals surface area contributed by atoms with Crippen molar-refractivity contribution in [2.45, 2.75) is 52.1 Å². The van der Waals surface area contributed by atoms with Crippen molar-refractivity contribution in [2.75, 3.05) is 6.54 Å². The molecule has 2 atom stereocenters. The summed E-state index contributed by atoms with van der Waals surface area (Å²) in [5.74, 6) is -0.0105. The molecular weight excluding hydrogens is 192 g/mol. The van der Waals surface area contributed by atoms with Crippen molar-refractivity contribution < 1.29 is 9.59 Å². The minimum absolute atomic E-state index is 0.0331. The average Bonchev–Trinajstić information content (AvgIpc) is 2.21. The number of carbonyl (C=O) groups excluding carboxylic acids is 2. The van der Waals surface area contributed by atoms with Gasteiger partial charge < -0.3 is 10.2 Å². The molecule has 1 N–H and O–H groups in total. The summed E-state index contributed by atoms with van der Waals surface area (Å²) in [6.07, 6.45) is 3.19. The molecule has 2 unspecified atom stereocenters. The lowest BCUT2D eigenvalue weighted by Gasteiger charge is -2.37. The van der Waals surface area contributed by atoms with E-state index in [-0.39, 0.29) is 30.4 Å². The van der Waals surface area contributed by atoms with Gasteiger partial charge in [-0.15, -0.1) is 0 Å². The first-order valence-electron chi connectivity index (χ1n) is 5.66. The molecule has 0 aromatic rings. The normalized spacial score (nSPS) is 23.9. The number of carbonyl (C=O) groups is 2. The number of nitrogens with one attached hydrogen (secondary N) is 1. The smallest absolute Gasteiger partial charge is 0.242 e. The molecule has 0 aromatic carbocycles. The third kappa shape index (κ3) is 2.70. The van der Waals surface area contributed by atoms with Gasteiger partial charge in [-0.05, 0) is 20.3 Å². The maximum Gasteiger partial charge on any atom is 0.242 e. The van der Waals surface area contributed by atoms with Gasteiger partial charge in [0.2, 0.25) is 11.8 Å². The van der Waals surface area contributed by atoms with Gasteiger partial charge >= 0.3 is 0 Å². The van der Waals surface area contributed by atoms with Gasteiger partial charge in [0.25, 0.3) is 0 Å². The Morgan fingerprint density at radius 3 is 2.80 bits per heavy atom. The Bertz CT molecular complexity index is 253. The van der Waals surface area contributed by atoms with Gasteiger partial charge in [0.05, 0.1) is 6.54 Å². The van der Waals surface area contributed by atoms with Crippen LogP contribution < -0.4 is 5.32 Å². The number of rotatable bonds is 4. The van der Waals surface area contributed by atoms with Gasteiger partial charge in [-0.1, -0.05) is 19.8 Å². The summed E-state index contributed by atoms with van der Waals surface area (Å²) in [4.78, 5) is 24.8. The van der Waals surface area contributed by atoms with Crippen molar-refractivity contribution in [3.63, 3.8) is 0 Å². The van der Waals surface area contributed by atoms with Crippen molar-refractivity contribution in [1.82, 2.24) is 10.2 Å². The molecular formula is C11H20N2O2. The van der Waals surface area contributed by atoms with Gasteiger partial charge in [0, 0.05) is 6.04 Å². The number of piperazine rings is 1. The van der Waals surface area contributed by atoms with Crippen LogP contribution in [0.3, 0.4) is 0 Å². The third-order valence-electron chi connectivity index (χ3n) is 2.95. The fraction of sp³-hybridized carbons (Fsp3) is 0.818. The van der Waals surface area contributed by atoms with Crippen molar-refractivity contribution in [3.05, 3.63) is 0 Å². The van der Waals surface area contributed by atoms with E-state index < -0.39 is 0 Å². The fourth-order valence-electron chi connectivity index (χ4n) is 2.01. The van der Waals surface area contributed by atoms with Gasteiger partial charge in [0.15, 0.2) is 0 Å². The summed E-state index contributed by atoms with van der Waals surface area (Å²) in [6.45, 7) is 6.08.